The topological polar surface area (TPSA) is 39.2 Å². The van der Waals surface area contributed by atoms with Gasteiger partial charge in [-0.05, 0) is 30.7 Å². The molecule has 1 heterocycles. The minimum atomic E-state index is -0.312. The van der Waals surface area contributed by atoms with Crippen LogP contribution in [0.2, 0.25) is 0 Å². The van der Waals surface area contributed by atoms with Crippen molar-refractivity contribution in [2.75, 3.05) is 6.61 Å². The van der Waals surface area contributed by atoms with Crippen molar-refractivity contribution in [2.24, 2.45) is 0 Å². The Balaban J connectivity index is 2.01. The number of fused-ring (bicyclic) bond motifs is 1. The van der Waals surface area contributed by atoms with Crippen molar-refractivity contribution in [1.82, 2.24) is 4.98 Å². The molecule has 21 heavy (non-hydrogen) atoms. The van der Waals surface area contributed by atoms with Gasteiger partial charge in [0.25, 0.3) is 0 Å². The Morgan fingerprint density at radius 2 is 1.86 bits per heavy atom. The summed E-state index contributed by atoms with van der Waals surface area (Å²) < 4.78 is 5.00. The number of carbonyl (C=O) groups is 1. The molecular formula is C18H15NO2. The zero-order chi connectivity index (χ0) is 14.7. The second kappa shape index (κ2) is 5.75. The van der Waals surface area contributed by atoms with Crippen LogP contribution in [0.4, 0.5) is 0 Å². The van der Waals surface area contributed by atoms with Crippen LogP contribution in [0.1, 0.15) is 17.3 Å². The molecule has 2 aromatic carbocycles. The first-order valence-corrected chi connectivity index (χ1v) is 6.90. The number of rotatable bonds is 3. The van der Waals surface area contributed by atoms with Crippen molar-refractivity contribution in [3.05, 3.63) is 66.4 Å². The third-order valence-electron chi connectivity index (χ3n) is 3.30. The van der Waals surface area contributed by atoms with Crippen LogP contribution in [-0.4, -0.2) is 17.6 Å². The average molecular weight is 277 g/mol. The number of aromatic nitrogens is 1. The van der Waals surface area contributed by atoms with Gasteiger partial charge in [-0.1, -0.05) is 36.4 Å². The molecule has 0 radical (unpaired) electrons. The van der Waals surface area contributed by atoms with Crippen LogP contribution in [0.3, 0.4) is 0 Å². The second-order valence-corrected chi connectivity index (χ2v) is 4.72. The van der Waals surface area contributed by atoms with Crippen molar-refractivity contribution in [1.29, 1.82) is 0 Å². The van der Waals surface area contributed by atoms with Crippen molar-refractivity contribution in [3.63, 3.8) is 0 Å². The molecule has 3 rings (SSSR count). The Morgan fingerprint density at radius 1 is 1.05 bits per heavy atom. The number of pyridine rings is 1. The minimum Gasteiger partial charge on any atom is -0.462 e. The van der Waals surface area contributed by atoms with Crippen LogP contribution in [0.25, 0.3) is 22.0 Å². The normalized spacial score (nSPS) is 10.5. The monoisotopic (exact) mass is 277 g/mol. The van der Waals surface area contributed by atoms with Gasteiger partial charge in [0.05, 0.1) is 17.7 Å². The maximum Gasteiger partial charge on any atom is 0.338 e. The van der Waals surface area contributed by atoms with Crippen LogP contribution in [-0.2, 0) is 4.74 Å². The van der Waals surface area contributed by atoms with Gasteiger partial charge in [0, 0.05) is 17.1 Å². The standard InChI is InChI=1S/C18H15NO2/c1-2-21-18(20)15-9-8-14-10-16(12-19-17(14)11-15)13-6-4-3-5-7-13/h3-12H,2H2,1H3. The molecule has 1 aromatic heterocycles. The van der Waals surface area contributed by atoms with Crippen LogP contribution in [0.15, 0.2) is 60.8 Å². The summed E-state index contributed by atoms with van der Waals surface area (Å²) >= 11 is 0. The molecule has 0 amide bonds. The summed E-state index contributed by atoms with van der Waals surface area (Å²) in [6.45, 7) is 2.17. The average Bonchev–Trinajstić information content (AvgIpc) is 2.55. The Morgan fingerprint density at radius 3 is 2.62 bits per heavy atom. The van der Waals surface area contributed by atoms with E-state index in [4.69, 9.17) is 4.74 Å². The SMILES string of the molecule is CCOC(=O)c1ccc2cc(-c3ccccc3)cnc2c1. The van der Waals surface area contributed by atoms with E-state index in [0.29, 0.717) is 12.2 Å². The minimum absolute atomic E-state index is 0.312. The Bertz CT molecular complexity index is 782. The van der Waals surface area contributed by atoms with Gasteiger partial charge in [-0.15, -0.1) is 0 Å². The molecule has 0 atom stereocenters. The Labute approximate surface area is 123 Å². The zero-order valence-corrected chi connectivity index (χ0v) is 11.7. The molecule has 0 aliphatic carbocycles. The largest absolute Gasteiger partial charge is 0.462 e. The van der Waals surface area contributed by atoms with Gasteiger partial charge in [0.2, 0.25) is 0 Å². The van der Waals surface area contributed by atoms with Gasteiger partial charge in [0.15, 0.2) is 0 Å². The van der Waals surface area contributed by atoms with E-state index in [1.807, 2.05) is 30.5 Å². The lowest BCUT2D eigenvalue weighted by atomic mass is 10.0. The Kier molecular flexibility index (Phi) is 3.65. The number of esters is 1. The molecule has 0 fully saturated rings. The molecule has 0 spiro atoms. The lowest BCUT2D eigenvalue weighted by Gasteiger charge is -2.05. The predicted molar refractivity (Wildman–Crippen MR) is 83.1 cm³/mol. The van der Waals surface area contributed by atoms with Crippen LogP contribution in [0.5, 0.6) is 0 Å². The third kappa shape index (κ3) is 2.77. The van der Waals surface area contributed by atoms with Gasteiger partial charge < -0.3 is 4.74 Å². The molecule has 0 bridgehead atoms. The van der Waals surface area contributed by atoms with Crippen LogP contribution >= 0.6 is 0 Å². The van der Waals surface area contributed by atoms with Gasteiger partial charge in [-0.2, -0.15) is 0 Å². The summed E-state index contributed by atoms with van der Waals surface area (Å²) in [7, 11) is 0. The number of hydrogen-bond donors (Lipinski definition) is 0. The quantitative estimate of drug-likeness (QED) is 0.677. The number of hydrogen-bond acceptors (Lipinski definition) is 3. The summed E-state index contributed by atoms with van der Waals surface area (Å²) in [5, 5.41) is 1.00. The molecule has 0 saturated heterocycles. The highest BCUT2D eigenvalue weighted by atomic mass is 16.5. The van der Waals surface area contributed by atoms with E-state index in [1.165, 1.54) is 0 Å². The van der Waals surface area contributed by atoms with Crippen LogP contribution in [0, 0.1) is 0 Å². The molecule has 0 saturated carbocycles. The summed E-state index contributed by atoms with van der Waals surface area (Å²) in [6.07, 6.45) is 1.83. The third-order valence-corrected chi connectivity index (χ3v) is 3.30. The van der Waals surface area contributed by atoms with Crippen molar-refractivity contribution in [3.8, 4) is 11.1 Å². The molecule has 3 nitrogen and oxygen atoms in total. The summed E-state index contributed by atoms with van der Waals surface area (Å²) in [5.74, 6) is -0.312. The maximum absolute atomic E-state index is 11.7. The zero-order valence-electron chi connectivity index (χ0n) is 11.7. The van der Waals surface area contributed by atoms with Gasteiger partial charge in [-0.3, -0.25) is 4.98 Å². The molecule has 0 aliphatic heterocycles. The van der Waals surface area contributed by atoms with E-state index in [1.54, 1.807) is 19.1 Å². The molecule has 3 aromatic rings. The van der Waals surface area contributed by atoms with E-state index in [9.17, 15) is 4.79 Å². The summed E-state index contributed by atoms with van der Waals surface area (Å²) in [4.78, 5) is 16.2. The predicted octanol–water partition coefficient (Wildman–Crippen LogP) is 4.08. The Hall–Kier alpha value is -2.68. The fraction of sp³-hybridized carbons (Fsp3) is 0.111. The molecule has 3 heteroatoms. The first-order chi connectivity index (χ1) is 10.3. The summed E-state index contributed by atoms with van der Waals surface area (Å²) in [6, 6.07) is 17.6. The number of carbonyl (C=O) groups excluding carboxylic acids is 1. The molecule has 0 aliphatic rings. The number of benzene rings is 2. The van der Waals surface area contributed by atoms with E-state index >= 15 is 0 Å². The lowest BCUT2D eigenvalue weighted by molar-refractivity contribution is 0.0526. The smallest absolute Gasteiger partial charge is 0.338 e. The number of ether oxygens (including phenoxy) is 1. The van der Waals surface area contributed by atoms with Gasteiger partial charge in [-0.25, -0.2) is 4.79 Å². The van der Waals surface area contributed by atoms with E-state index in [2.05, 4.69) is 23.2 Å². The lowest BCUT2D eigenvalue weighted by Crippen LogP contribution is -2.04. The fourth-order valence-corrected chi connectivity index (χ4v) is 2.25. The maximum atomic E-state index is 11.7. The van der Waals surface area contributed by atoms with Crippen molar-refractivity contribution < 1.29 is 9.53 Å². The second-order valence-electron chi connectivity index (χ2n) is 4.72. The fourth-order valence-electron chi connectivity index (χ4n) is 2.25. The van der Waals surface area contributed by atoms with Gasteiger partial charge in [0.1, 0.15) is 0 Å². The van der Waals surface area contributed by atoms with E-state index < -0.39 is 0 Å². The highest BCUT2D eigenvalue weighted by Gasteiger charge is 2.08. The summed E-state index contributed by atoms with van der Waals surface area (Å²) in [5.41, 5.74) is 3.51. The number of nitrogens with zero attached hydrogens (tertiary/aromatic N) is 1. The molecule has 0 N–H and O–H groups in total. The van der Waals surface area contributed by atoms with Crippen molar-refractivity contribution >= 4 is 16.9 Å². The molecular weight excluding hydrogens is 262 g/mol. The molecule has 104 valence electrons. The molecule has 0 unspecified atom stereocenters. The highest BCUT2D eigenvalue weighted by molar-refractivity contribution is 5.95. The van der Waals surface area contributed by atoms with Crippen molar-refractivity contribution in [2.45, 2.75) is 6.92 Å². The van der Waals surface area contributed by atoms with Crippen LogP contribution < -0.4 is 0 Å². The first kappa shape index (κ1) is 13.3. The first-order valence-electron chi connectivity index (χ1n) is 6.90. The highest BCUT2D eigenvalue weighted by Crippen LogP contribution is 2.23. The van der Waals surface area contributed by atoms with E-state index in [0.717, 1.165) is 22.0 Å². The van der Waals surface area contributed by atoms with Gasteiger partial charge >= 0.3 is 5.97 Å². The van der Waals surface area contributed by atoms with E-state index in [-0.39, 0.29) is 5.97 Å².